The van der Waals surface area contributed by atoms with Gasteiger partial charge in [-0.3, -0.25) is 0 Å². The maximum absolute atomic E-state index is 11.6. The van der Waals surface area contributed by atoms with Crippen molar-refractivity contribution < 1.29 is 14.4 Å². The number of carbonyl (C=O) groups excluding carboxylic acids is 1. The molecule has 0 saturated carbocycles. The number of nitrogens with one attached hydrogen (secondary N) is 1. The first kappa shape index (κ1) is 13.8. The third kappa shape index (κ3) is 3.11. The van der Waals surface area contributed by atoms with Crippen LogP contribution < -0.4 is 4.84 Å². The topological polar surface area (TPSA) is 57.8 Å². The fourth-order valence-corrected chi connectivity index (χ4v) is 2.41. The zero-order chi connectivity index (χ0) is 14.7. The average molecular weight is 289 g/mol. The summed E-state index contributed by atoms with van der Waals surface area (Å²) >= 11 is 0. The van der Waals surface area contributed by atoms with E-state index in [1.54, 1.807) is 4.90 Å². The van der Waals surface area contributed by atoms with Crippen LogP contribution >= 0.6 is 0 Å². The molecular weight excluding hydrogens is 270 g/mol. The van der Waals surface area contributed by atoms with Crippen LogP contribution in [0.4, 0.5) is 4.79 Å². The first-order valence-electron chi connectivity index (χ1n) is 7.18. The van der Waals surface area contributed by atoms with Crippen molar-refractivity contribution in [2.24, 2.45) is 0 Å². The van der Waals surface area contributed by atoms with E-state index in [2.05, 4.69) is 4.98 Å². The highest BCUT2D eigenvalue weighted by Gasteiger charge is 2.22. The summed E-state index contributed by atoms with van der Waals surface area (Å²) in [6.45, 7) is 4.80. The Morgan fingerprint density at radius 3 is 2.81 bits per heavy atom. The number of ether oxygens (including phenoxy) is 1. The molecule has 1 fully saturated rings. The van der Waals surface area contributed by atoms with Gasteiger partial charge in [0.15, 0.2) is 0 Å². The summed E-state index contributed by atoms with van der Waals surface area (Å²) < 4.78 is 5.00. The van der Waals surface area contributed by atoms with Crippen molar-refractivity contribution in [3.05, 3.63) is 30.5 Å². The van der Waals surface area contributed by atoms with Crippen molar-refractivity contribution in [2.75, 3.05) is 32.8 Å². The highest BCUT2D eigenvalue weighted by atomic mass is 16.7. The zero-order valence-electron chi connectivity index (χ0n) is 12.0. The number of aromatic amines is 1. The fraction of sp³-hybridized carbons (Fsp3) is 0.400. The lowest BCUT2D eigenvalue weighted by Crippen LogP contribution is -2.49. The molecule has 1 saturated heterocycles. The van der Waals surface area contributed by atoms with E-state index in [1.807, 2.05) is 42.4 Å². The molecule has 0 radical (unpaired) electrons. The van der Waals surface area contributed by atoms with Gasteiger partial charge in [-0.05, 0) is 31.2 Å². The number of hydrogen-bond donors (Lipinski definition) is 1. The van der Waals surface area contributed by atoms with Crippen LogP contribution in [-0.4, -0.2) is 53.8 Å². The Labute approximate surface area is 123 Å². The molecule has 2 heterocycles. The Kier molecular flexibility index (Phi) is 3.96. The van der Waals surface area contributed by atoms with Crippen molar-refractivity contribution in [1.82, 2.24) is 14.9 Å². The number of benzene rings is 1. The van der Waals surface area contributed by atoms with Crippen LogP contribution in [0.3, 0.4) is 0 Å². The van der Waals surface area contributed by atoms with Crippen LogP contribution in [0.5, 0.6) is 5.75 Å². The molecule has 112 valence electrons. The van der Waals surface area contributed by atoms with E-state index < -0.39 is 0 Å². The summed E-state index contributed by atoms with van der Waals surface area (Å²) in [5.41, 5.74) is 1.09. The summed E-state index contributed by atoms with van der Waals surface area (Å²) in [5, 5.41) is 3.00. The van der Waals surface area contributed by atoms with Crippen LogP contribution in [0.15, 0.2) is 30.5 Å². The summed E-state index contributed by atoms with van der Waals surface area (Å²) in [6.07, 6.45) is 1.66. The fourth-order valence-electron chi connectivity index (χ4n) is 2.41. The van der Waals surface area contributed by atoms with Crippen LogP contribution in [0.25, 0.3) is 10.9 Å². The Hall–Kier alpha value is -2.21. The molecule has 0 atom stereocenters. The molecule has 1 aliphatic rings. The smallest absolute Gasteiger partial charge is 0.409 e. The zero-order valence-corrected chi connectivity index (χ0v) is 12.0. The minimum Gasteiger partial charge on any atom is -0.450 e. The lowest BCUT2D eigenvalue weighted by Gasteiger charge is -2.33. The first-order valence-corrected chi connectivity index (χ1v) is 7.18. The molecular formula is C15H19N3O3. The highest BCUT2D eigenvalue weighted by molar-refractivity contribution is 5.80. The number of aromatic nitrogens is 1. The van der Waals surface area contributed by atoms with Gasteiger partial charge in [0.2, 0.25) is 0 Å². The lowest BCUT2D eigenvalue weighted by molar-refractivity contribution is -0.0853. The number of carbonyl (C=O) groups is 1. The Bertz CT molecular complexity index is 617. The summed E-state index contributed by atoms with van der Waals surface area (Å²) in [6, 6.07) is 7.96. The van der Waals surface area contributed by atoms with E-state index >= 15 is 0 Å². The number of fused-ring (bicyclic) bond motifs is 1. The van der Waals surface area contributed by atoms with Gasteiger partial charge in [0.05, 0.1) is 19.7 Å². The SMILES string of the molecule is CCOC(=O)N1CCN(Oc2ccc3[nH]ccc3c2)CC1. The van der Waals surface area contributed by atoms with Crippen LogP contribution in [0.2, 0.25) is 0 Å². The Balaban J connectivity index is 1.56. The summed E-state index contributed by atoms with van der Waals surface area (Å²) in [5.74, 6) is 0.812. The van der Waals surface area contributed by atoms with Gasteiger partial charge in [0, 0.05) is 30.2 Å². The van der Waals surface area contributed by atoms with Gasteiger partial charge in [0.25, 0.3) is 0 Å². The van der Waals surface area contributed by atoms with Gasteiger partial charge in [-0.1, -0.05) is 0 Å². The average Bonchev–Trinajstić information content (AvgIpc) is 2.96. The molecule has 1 aromatic carbocycles. The molecule has 1 aromatic heterocycles. The van der Waals surface area contributed by atoms with Crippen LogP contribution in [0.1, 0.15) is 6.92 Å². The third-order valence-electron chi connectivity index (χ3n) is 3.52. The standard InChI is InChI=1S/C15H19N3O3/c1-2-20-15(19)17-7-9-18(10-8-17)21-13-3-4-14-12(11-13)5-6-16-14/h3-6,11,16H,2,7-10H2,1H3. The van der Waals surface area contributed by atoms with Crippen molar-refractivity contribution in [1.29, 1.82) is 0 Å². The van der Waals surface area contributed by atoms with Crippen molar-refractivity contribution in [3.63, 3.8) is 0 Å². The van der Waals surface area contributed by atoms with E-state index in [0.29, 0.717) is 32.8 Å². The van der Waals surface area contributed by atoms with E-state index in [4.69, 9.17) is 9.57 Å². The van der Waals surface area contributed by atoms with Crippen molar-refractivity contribution in [2.45, 2.75) is 6.92 Å². The largest absolute Gasteiger partial charge is 0.450 e. The second kappa shape index (κ2) is 6.05. The lowest BCUT2D eigenvalue weighted by atomic mass is 10.2. The molecule has 1 amide bonds. The number of piperazine rings is 1. The molecule has 0 aliphatic carbocycles. The van der Waals surface area contributed by atoms with Gasteiger partial charge in [0.1, 0.15) is 5.75 Å². The molecule has 0 spiro atoms. The van der Waals surface area contributed by atoms with E-state index in [0.717, 1.165) is 16.7 Å². The molecule has 21 heavy (non-hydrogen) atoms. The molecule has 6 nitrogen and oxygen atoms in total. The minimum atomic E-state index is -0.245. The quantitative estimate of drug-likeness (QED) is 0.941. The Morgan fingerprint density at radius 1 is 1.24 bits per heavy atom. The van der Waals surface area contributed by atoms with Gasteiger partial charge >= 0.3 is 6.09 Å². The normalized spacial score (nSPS) is 16.1. The first-order chi connectivity index (χ1) is 10.3. The van der Waals surface area contributed by atoms with Gasteiger partial charge in [-0.2, -0.15) is 0 Å². The molecule has 3 rings (SSSR count). The molecule has 2 aromatic rings. The second-order valence-corrected chi connectivity index (χ2v) is 4.93. The van der Waals surface area contributed by atoms with Gasteiger partial charge in [-0.15, -0.1) is 5.06 Å². The maximum Gasteiger partial charge on any atom is 0.409 e. The molecule has 1 aliphatic heterocycles. The van der Waals surface area contributed by atoms with Gasteiger partial charge < -0.3 is 19.5 Å². The van der Waals surface area contributed by atoms with Crippen molar-refractivity contribution in [3.8, 4) is 5.75 Å². The third-order valence-corrected chi connectivity index (χ3v) is 3.52. The van der Waals surface area contributed by atoms with E-state index in [-0.39, 0.29) is 6.09 Å². The number of amides is 1. The number of H-pyrrole nitrogens is 1. The van der Waals surface area contributed by atoms with Crippen LogP contribution in [0, 0.1) is 0 Å². The predicted octanol–water partition coefficient (Wildman–Crippen LogP) is 2.24. The van der Waals surface area contributed by atoms with Gasteiger partial charge in [-0.25, -0.2) is 4.79 Å². The molecule has 0 bridgehead atoms. The number of rotatable bonds is 3. The van der Waals surface area contributed by atoms with Crippen LogP contribution in [-0.2, 0) is 4.74 Å². The summed E-state index contributed by atoms with van der Waals surface area (Å²) in [7, 11) is 0. The Morgan fingerprint density at radius 2 is 2.05 bits per heavy atom. The summed E-state index contributed by atoms with van der Waals surface area (Å²) in [4.78, 5) is 22.3. The van der Waals surface area contributed by atoms with Crippen molar-refractivity contribution >= 4 is 17.0 Å². The predicted molar refractivity (Wildman–Crippen MR) is 79.1 cm³/mol. The number of hydroxylamine groups is 2. The van der Waals surface area contributed by atoms with E-state index in [9.17, 15) is 4.79 Å². The second-order valence-electron chi connectivity index (χ2n) is 4.93. The number of nitrogens with zero attached hydrogens (tertiary/aromatic N) is 2. The van der Waals surface area contributed by atoms with E-state index in [1.165, 1.54) is 0 Å². The molecule has 6 heteroatoms. The minimum absolute atomic E-state index is 0.245. The monoisotopic (exact) mass is 289 g/mol. The number of hydrogen-bond acceptors (Lipinski definition) is 4. The maximum atomic E-state index is 11.6. The highest BCUT2D eigenvalue weighted by Crippen LogP contribution is 2.20. The molecule has 1 N–H and O–H groups in total. The molecule has 0 unspecified atom stereocenters.